The molecule has 0 heterocycles. The fourth-order valence-corrected chi connectivity index (χ4v) is 2.49. The zero-order valence-electron chi connectivity index (χ0n) is 16.9. The first-order valence-corrected chi connectivity index (χ1v) is 9.58. The van der Waals surface area contributed by atoms with E-state index in [1.807, 2.05) is 63.2 Å². The molecule has 2 rings (SSSR count). The van der Waals surface area contributed by atoms with E-state index in [2.05, 4.69) is 33.1 Å². The van der Waals surface area contributed by atoms with Crippen molar-refractivity contribution in [2.45, 2.75) is 40.3 Å². The summed E-state index contributed by atoms with van der Waals surface area (Å²) in [4.78, 5) is 16.7. The van der Waals surface area contributed by atoms with Crippen LogP contribution in [0.15, 0.2) is 59.6 Å². The van der Waals surface area contributed by atoms with Crippen LogP contribution in [-0.4, -0.2) is 18.4 Å². The predicted octanol–water partition coefficient (Wildman–Crippen LogP) is 4.54. The molecule has 1 amide bonds. The molecule has 0 fully saturated rings. The highest BCUT2D eigenvalue weighted by Gasteiger charge is 2.10. The third-order valence-corrected chi connectivity index (χ3v) is 4.32. The molecule has 1 atom stereocenters. The van der Waals surface area contributed by atoms with Crippen LogP contribution in [-0.2, 0) is 17.9 Å². The minimum absolute atomic E-state index is 0. The van der Waals surface area contributed by atoms with Crippen LogP contribution in [0.3, 0.4) is 0 Å². The van der Waals surface area contributed by atoms with E-state index < -0.39 is 0 Å². The molecule has 0 aromatic heterocycles. The molecule has 0 aliphatic heterocycles. The number of aliphatic imine (C=N–C) groups is 1. The Morgan fingerprint density at radius 2 is 1.71 bits per heavy atom. The minimum Gasteiger partial charge on any atom is -0.357 e. The lowest BCUT2D eigenvalue weighted by molar-refractivity contribution is -0.119. The van der Waals surface area contributed by atoms with Crippen molar-refractivity contribution in [1.29, 1.82) is 0 Å². The highest BCUT2D eigenvalue weighted by Crippen LogP contribution is 2.13. The molecular weight excluding hydrogens is 463 g/mol. The molecule has 0 aliphatic rings. The first-order valence-electron chi connectivity index (χ1n) is 9.58. The average Bonchev–Trinajstić information content (AvgIpc) is 2.70. The van der Waals surface area contributed by atoms with Crippen LogP contribution in [0.1, 0.15) is 38.3 Å². The van der Waals surface area contributed by atoms with E-state index in [1.54, 1.807) is 0 Å². The fraction of sp³-hybridized carbons (Fsp3) is 0.364. The van der Waals surface area contributed by atoms with E-state index >= 15 is 0 Å². The van der Waals surface area contributed by atoms with Crippen LogP contribution in [0.4, 0.5) is 5.69 Å². The molecule has 3 N–H and O–H groups in total. The van der Waals surface area contributed by atoms with E-state index in [0.717, 1.165) is 36.7 Å². The maximum absolute atomic E-state index is 12.1. The van der Waals surface area contributed by atoms with Crippen molar-refractivity contribution in [3.8, 4) is 0 Å². The lowest BCUT2D eigenvalue weighted by Gasteiger charge is -2.12. The molecule has 0 aliphatic carbocycles. The number of hydrogen-bond acceptors (Lipinski definition) is 2. The number of rotatable bonds is 8. The first kappa shape index (κ1) is 23.9. The second-order valence-corrected chi connectivity index (χ2v) is 6.53. The molecule has 0 saturated heterocycles. The molecule has 0 spiro atoms. The minimum atomic E-state index is 0. The Balaban J connectivity index is 0.00000392. The van der Waals surface area contributed by atoms with Crippen molar-refractivity contribution in [1.82, 2.24) is 10.6 Å². The number of halogens is 1. The summed E-state index contributed by atoms with van der Waals surface area (Å²) in [5.41, 5.74) is 3.07. The highest BCUT2D eigenvalue weighted by atomic mass is 127. The Labute approximate surface area is 185 Å². The van der Waals surface area contributed by atoms with Crippen molar-refractivity contribution in [2.24, 2.45) is 10.9 Å². The summed E-state index contributed by atoms with van der Waals surface area (Å²) in [5, 5.41) is 9.58. The van der Waals surface area contributed by atoms with Crippen LogP contribution in [0.25, 0.3) is 0 Å². The number of nitrogens with one attached hydrogen (secondary N) is 3. The number of carbonyl (C=O) groups excluding carboxylic acids is 1. The predicted molar refractivity (Wildman–Crippen MR) is 128 cm³/mol. The topological polar surface area (TPSA) is 65.5 Å². The Morgan fingerprint density at radius 1 is 1.00 bits per heavy atom. The SMILES string of the molecule is CCNC(=NCc1cccc(NC(=O)C(C)CC)c1)NCc1ccccc1.I. The maximum atomic E-state index is 12.1. The van der Waals surface area contributed by atoms with Crippen LogP contribution in [0, 0.1) is 5.92 Å². The normalized spacial score (nSPS) is 11.9. The third-order valence-electron chi connectivity index (χ3n) is 4.32. The molecule has 0 saturated carbocycles. The van der Waals surface area contributed by atoms with Crippen molar-refractivity contribution in [3.63, 3.8) is 0 Å². The molecule has 152 valence electrons. The van der Waals surface area contributed by atoms with Gasteiger partial charge in [0.25, 0.3) is 0 Å². The molecule has 2 aromatic carbocycles. The summed E-state index contributed by atoms with van der Waals surface area (Å²) in [6.07, 6.45) is 0.828. The lowest BCUT2D eigenvalue weighted by atomic mass is 10.1. The smallest absolute Gasteiger partial charge is 0.227 e. The molecular formula is C22H31IN4O. The van der Waals surface area contributed by atoms with Gasteiger partial charge in [-0.15, -0.1) is 24.0 Å². The maximum Gasteiger partial charge on any atom is 0.227 e. The van der Waals surface area contributed by atoms with E-state index in [-0.39, 0.29) is 35.8 Å². The number of hydrogen-bond donors (Lipinski definition) is 3. The molecule has 5 nitrogen and oxygen atoms in total. The summed E-state index contributed by atoms with van der Waals surface area (Å²) < 4.78 is 0. The Kier molecular flexibility index (Phi) is 11.2. The van der Waals surface area contributed by atoms with E-state index in [1.165, 1.54) is 5.56 Å². The van der Waals surface area contributed by atoms with E-state index in [4.69, 9.17) is 0 Å². The van der Waals surface area contributed by atoms with Gasteiger partial charge in [-0.3, -0.25) is 4.79 Å². The van der Waals surface area contributed by atoms with Gasteiger partial charge in [-0.25, -0.2) is 4.99 Å². The van der Waals surface area contributed by atoms with Gasteiger partial charge in [0, 0.05) is 24.7 Å². The number of amides is 1. The van der Waals surface area contributed by atoms with E-state index in [9.17, 15) is 4.79 Å². The molecule has 0 radical (unpaired) electrons. The van der Waals surface area contributed by atoms with Gasteiger partial charge in [0.15, 0.2) is 5.96 Å². The fourth-order valence-electron chi connectivity index (χ4n) is 2.49. The Hall–Kier alpha value is -2.09. The number of anilines is 1. The van der Waals surface area contributed by atoms with Crippen LogP contribution in [0.2, 0.25) is 0 Å². The van der Waals surface area contributed by atoms with Gasteiger partial charge >= 0.3 is 0 Å². The standard InChI is InChI=1S/C22H30N4O.HI/c1-4-17(3)21(27)26-20-13-9-12-19(14-20)16-25-22(23-5-2)24-15-18-10-7-6-8-11-18;/h6-14,17H,4-5,15-16H2,1-3H3,(H,26,27)(H2,23,24,25);1H. The lowest BCUT2D eigenvalue weighted by Crippen LogP contribution is -2.36. The quantitative estimate of drug-likeness (QED) is 0.287. The molecule has 0 bridgehead atoms. The van der Waals surface area contributed by atoms with Gasteiger partial charge in [-0.05, 0) is 36.6 Å². The van der Waals surface area contributed by atoms with Gasteiger partial charge in [0.2, 0.25) is 5.91 Å². The summed E-state index contributed by atoms with van der Waals surface area (Å²) in [5.74, 6) is 0.834. The first-order chi connectivity index (χ1) is 13.1. The monoisotopic (exact) mass is 494 g/mol. The van der Waals surface area contributed by atoms with Crippen LogP contribution >= 0.6 is 24.0 Å². The van der Waals surface area contributed by atoms with Gasteiger partial charge < -0.3 is 16.0 Å². The van der Waals surface area contributed by atoms with Gasteiger partial charge in [0.1, 0.15) is 0 Å². The van der Waals surface area contributed by atoms with Crippen molar-refractivity contribution in [2.75, 3.05) is 11.9 Å². The number of benzene rings is 2. The molecule has 28 heavy (non-hydrogen) atoms. The Morgan fingerprint density at radius 3 is 2.39 bits per heavy atom. The molecule has 6 heteroatoms. The van der Waals surface area contributed by atoms with E-state index in [0.29, 0.717) is 6.54 Å². The Bertz CT molecular complexity index is 749. The van der Waals surface area contributed by atoms with Crippen LogP contribution < -0.4 is 16.0 Å². The zero-order chi connectivity index (χ0) is 19.5. The summed E-state index contributed by atoms with van der Waals surface area (Å²) in [6.45, 7) is 8.05. The molecule has 2 aromatic rings. The summed E-state index contributed by atoms with van der Waals surface area (Å²) in [6, 6.07) is 18.1. The largest absolute Gasteiger partial charge is 0.357 e. The van der Waals surface area contributed by atoms with Crippen LogP contribution in [0.5, 0.6) is 0 Å². The number of nitrogens with zero attached hydrogens (tertiary/aromatic N) is 1. The average molecular weight is 494 g/mol. The van der Waals surface area contributed by atoms with Gasteiger partial charge in [-0.2, -0.15) is 0 Å². The summed E-state index contributed by atoms with van der Waals surface area (Å²) >= 11 is 0. The second-order valence-electron chi connectivity index (χ2n) is 6.53. The zero-order valence-corrected chi connectivity index (χ0v) is 19.2. The number of carbonyl (C=O) groups is 1. The van der Waals surface area contributed by atoms with Gasteiger partial charge in [0.05, 0.1) is 6.54 Å². The summed E-state index contributed by atoms with van der Waals surface area (Å²) in [7, 11) is 0. The molecule has 1 unspecified atom stereocenters. The second kappa shape index (κ2) is 13.1. The third kappa shape index (κ3) is 8.29. The van der Waals surface area contributed by atoms with Crippen molar-refractivity contribution >= 4 is 41.5 Å². The number of guanidine groups is 1. The highest BCUT2D eigenvalue weighted by molar-refractivity contribution is 14.0. The van der Waals surface area contributed by atoms with Crippen molar-refractivity contribution in [3.05, 3.63) is 65.7 Å². The van der Waals surface area contributed by atoms with Gasteiger partial charge in [-0.1, -0.05) is 56.3 Å². The van der Waals surface area contributed by atoms with Crippen molar-refractivity contribution < 1.29 is 4.79 Å².